The molecule has 0 amide bonds. The fraction of sp³-hybridized carbons (Fsp3) is 0.0690. The van der Waals surface area contributed by atoms with Gasteiger partial charge in [0.25, 0.3) is 0 Å². The van der Waals surface area contributed by atoms with Gasteiger partial charge in [-0.05, 0) is 142 Å². The van der Waals surface area contributed by atoms with E-state index in [0.29, 0.717) is 0 Å². The van der Waals surface area contributed by atoms with Gasteiger partial charge in [-0.25, -0.2) is 19.2 Å². The SMILES string of the molecule is COC(=O)/C=C/c1ccc(N(c2ccc(/C=C/C(=O)OC)cc2)c2ccc(-c3ccc(-c4ccc(N(c5ccc(/C=C/C(=O)OC)cc5)c5ccc(/C=C/C(=O)OC)cc5)cc4)cc3)cc2)cc1. The molecule has 68 heavy (non-hydrogen) atoms. The summed E-state index contributed by atoms with van der Waals surface area (Å²) in [7, 11) is 5.39. The molecular formula is C58H48N2O8. The second-order valence-electron chi connectivity index (χ2n) is 15.1. The van der Waals surface area contributed by atoms with Gasteiger partial charge in [-0.2, -0.15) is 0 Å². The predicted molar refractivity (Wildman–Crippen MR) is 271 cm³/mol. The molecule has 338 valence electrons. The van der Waals surface area contributed by atoms with Gasteiger partial charge in [0, 0.05) is 58.4 Å². The molecule has 0 bridgehead atoms. The van der Waals surface area contributed by atoms with Crippen molar-refractivity contribution in [1.82, 2.24) is 0 Å². The first-order valence-corrected chi connectivity index (χ1v) is 21.5. The van der Waals surface area contributed by atoms with Crippen molar-refractivity contribution < 1.29 is 38.1 Å². The van der Waals surface area contributed by atoms with Crippen LogP contribution in [0.2, 0.25) is 0 Å². The Morgan fingerprint density at radius 3 is 0.618 bits per heavy atom. The normalized spacial score (nSPS) is 11.2. The van der Waals surface area contributed by atoms with E-state index in [1.165, 1.54) is 52.7 Å². The standard InChI is InChI=1S/C58H48N2O8/c1-65-55(61)37-13-41-5-25-49(26-6-41)59(50-27-7-42(8-28-50)14-38-56(62)66-2)53-33-21-47(22-34-53)45-17-19-46(20-18-45)48-23-35-54(36-24-48)60(51-29-9-43(10-30-51)15-39-57(63)67-3)52-31-11-44(12-32-52)16-40-58(64)68-4/h5-40H,1-4H3/b37-13+,38-14+,39-15+,40-16+. The summed E-state index contributed by atoms with van der Waals surface area (Å²) in [6, 6.07) is 56.7. The average Bonchev–Trinajstić information content (AvgIpc) is 3.40. The number of carbonyl (C=O) groups excluding carboxylic acids is 4. The monoisotopic (exact) mass is 900 g/mol. The number of benzene rings is 7. The third-order valence-electron chi connectivity index (χ3n) is 10.9. The van der Waals surface area contributed by atoms with Crippen molar-refractivity contribution in [2.75, 3.05) is 38.2 Å². The minimum Gasteiger partial charge on any atom is -0.466 e. The number of methoxy groups -OCH3 is 4. The number of nitrogens with zero attached hydrogens (tertiary/aromatic N) is 2. The van der Waals surface area contributed by atoms with Crippen LogP contribution in [0.5, 0.6) is 0 Å². The molecule has 7 aromatic rings. The van der Waals surface area contributed by atoms with E-state index < -0.39 is 23.9 Å². The molecule has 10 heteroatoms. The molecule has 0 fully saturated rings. The van der Waals surface area contributed by atoms with Crippen molar-refractivity contribution in [3.63, 3.8) is 0 Å². The maximum atomic E-state index is 11.7. The second kappa shape index (κ2) is 22.7. The number of hydrogen-bond acceptors (Lipinski definition) is 10. The zero-order valence-electron chi connectivity index (χ0n) is 37.9. The van der Waals surface area contributed by atoms with Gasteiger partial charge < -0.3 is 28.7 Å². The number of anilines is 6. The number of carbonyl (C=O) groups is 4. The molecule has 0 N–H and O–H groups in total. The molecule has 0 aliphatic rings. The number of esters is 4. The summed E-state index contributed by atoms with van der Waals surface area (Å²) in [6.45, 7) is 0. The summed E-state index contributed by atoms with van der Waals surface area (Å²) in [5.74, 6) is -1.70. The van der Waals surface area contributed by atoms with Gasteiger partial charge in [0.1, 0.15) is 0 Å². The molecule has 0 spiro atoms. The van der Waals surface area contributed by atoms with Crippen molar-refractivity contribution in [1.29, 1.82) is 0 Å². The molecule has 0 atom stereocenters. The van der Waals surface area contributed by atoms with Crippen molar-refractivity contribution in [3.8, 4) is 22.3 Å². The van der Waals surface area contributed by atoms with Crippen LogP contribution in [0.15, 0.2) is 194 Å². The van der Waals surface area contributed by atoms with Gasteiger partial charge in [-0.3, -0.25) is 0 Å². The molecule has 10 nitrogen and oxygen atoms in total. The Morgan fingerprint density at radius 2 is 0.441 bits per heavy atom. The summed E-state index contributed by atoms with van der Waals surface area (Å²) in [5, 5.41) is 0. The first-order chi connectivity index (χ1) is 33.1. The van der Waals surface area contributed by atoms with Crippen molar-refractivity contribution in [3.05, 3.63) is 216 Å². The Hall–Kier alpha value is -9.02. The van der Waals surface area contributed by atoms with Gasteiger partial charge >= 0.3 is 23.9 Å². The van der Waals surface area contributed by atoms with E-state index >= 15 is 0 Å². The minimum absolute atomic E-state index is 0.426. The summed E-state index contributed by atoms with van der Waals surface area (Å²) < 4.78 is 19.0. The van der Waals surface area contributed by atoms with E-state index in [0.717, 1.165) is 78.6 Å². The molecular weight excluding hydrogens is 853 g/mol. The lowest BCUT2D eigenvalue weighted by atomic mass is 9.99. The van der Waals surface area contributed by atoms with Crippen LogP contribution in [-0.4, -0.2) is 52.3 Å². The number of ether oxygens (including phenoxy) is 4. The van der Waals surface area contributed by atoms with Crippen molar-refractivity contribution >= 4 is 82.3 Å². The molecule has 7 aromatic carbocycles. The fourth-order valence-electron chi connectivity index (χ4n) is 7.22. The van der Waals surface area contributed by atoms with Crippen LogP contribution < -0.4 is 9.80 Å². The highest BCUT2D eigenvalue weighted by atomic mass is 16.5. The molecule has 0 saturated carbocycles. The third-order valence-corrected chi connectivity index (χ3v) is 10.9. The van der Waals surface area contributed by atoms with E-state index in [-0.39, 0.29) is 0 Å². The highest BCUT2D eigenvalue weighted by molar-refractivity contribution is 5.90. The maximum absolute atomic E-state index is 11.7. The molecule has 0 aromatic heterocycles. The van der Waals surface area contributed by atoms with Crippen molar-refractivity contribution in [2.24, 2.45) is 0 Å². The molecule has 7 rings (SSSR count). The van der Waals surface area contributed by atoms with Gasteiger partial charge in [0.05, 0.1) is 28.4 Å². The van der Waals surface area contributed by atoms with E-state index in [1.807, 2.05) is 97.1 Å². The zero-order valence-corrected chi connectivity index (χ0v) is 37.9. The maximum Gasteiger partial charge on any atom is 0.330 e. The second-order valence-corrected chi connectivity index (χ2v) is 15.1. The van der Waals surface area contributed by atoms with Gasteiger partial charge in [0.2, 0.25) is 0 Å². The van der Waals surface area contributed by atoms with Gasteiger partial charge in [-0.15, -0.1) is 0 Å². The van der Waals surface area contributed by atoms with E-state index in [9.17, 15) is 19.2 Å². The molecule has 0 saturated heterocycles. The van der Waals surface area contributed by atoms with E-state index in [4.69, 9.17) is 18.9 Å². The highest BCUT2D eigenvalue weighted by Gasteiger charge is 2.15. The van der Waals surface area contributed by atoms with Crippen molar-refractivity contribution in [2.45, 2.75) is 0 Å². The first-order valence-electron chi connectivity index (χ1n) is 21.5. The third kappa shape index (κ3) is 12.2. The topological polar surface area (TPSA) is 112 Å². The van der Waals surface area contributed by atoms with Crippen LogP contribution in [-0.2, 0) is 38.1 Å². The lowest BCUT2D eigenvalue weighted by Gasteiger charge is -2.26. The van der Waals surface area contributed by atoms with Crippen LogP contribution in [0.4, 0.5) is 34.1 Å². The van der Waals surface area contributed by atoms with Crippen LogP contribution >= 0.6 is 0 Å². The molecule has 0 aliphatic heterocycles. The minimum atomic E-state index is -0.426. The quantitative estimate of drug-likeness (QED) is 0.0528. The van der Waals surface area contributed by atoms with Crippen LogP contribution in [0.1, 0.15) is 22.3 Å². The summed E-state index contributed by atoms with van der Waals surface area (Å²) in [6.07, 6.45) is 12.4. The van der Waals surface area contributed by atoms with Crippen LogP contribution in [0.3, 0.4) is 0 Å². The van der Waals surface area contributed by atoms with Crippen LogP contribution in [0.25, 0.3) is 46.6 Å². The lowest BCUT2D eigenvalue weighted by molar-refractivity contribution is -0.135. The Morgan fingerprint density at radius 1 is 0.279 bits per heavy atom. The Bertz CT molecular complexity index is 2610. The van der Waals surface area contributed by atoms with Gasteiger partial charge in [0.15, 0.2) is 0 Å². The number of rotatable bonds is 16. The van der Waals surface area contributed by atoms with Gasteiger partial charge in [-0.1, -0.05) is 97.1 Å². The Balaban J connectivity index is 1.12. The van der Waals surface area contributed by atoms with E-state index in [1.54, 1.807) is 24.3 Å². The molecule has 0 aliphatic carbocycles. The number of hydrogen-bond donors (Lipinski definition) is 0. The molecule has 0 unspecified atom stereocenters. The average molecular weight is 901 g/mol. The van der Waals surface area contributed by atoms with E-state index in [2.05, 4.69) is 82.6 Å². The predicted octanol–water partition coefficient (Wildman–Crippen LogP) is 12.7. The largest absolute Gasteiger partial charge is 0.466 e. The first kappa shape index (κ1) is 47.0. The zero-order chi connectivity index (χ0) is 47.8. The molecule has 0 radical (unpaired) electrons. The smallest absolute Gasteiger partial charge is 0.330 e. The summed E-state index contributed by atoms with van der Waals surface area (Å²) in [5.41, 5.74) is 13.2. The Kier molecular flexibility index (Phi) is 15.7. The summed E-state index contributed by atoms with van der Waals surface area (Å²) >= 11 is 0. The highest BCUT2D eigenvalue weighted by Crippen LogP contribution is 2.38. The molecule has 0 heterocycles. The summed E-state index contributed by atoms with van der Waals surface area (Å²) in [4.78, 5) is 51.1. The Labute approximate surface area is 395 Å². The van der Waals surface area contributed by atoms with Crippen LogP contribution in [0, 0.1) is 0 Å². The lowest BCUT2D eigenvalue weighted by Crippen LogP contribution is -2.09. The fourth-order valence-corrected chi connectivity index (χ4v) is 7.22.